The first kappa shape index (κ1) is 8.74. The first-order valence-electron chi connectivity index (χ1n) is 4.48. The van der Waals surface area contributed by atoms with Crippen molar-refractivity contribution in [1.29, 1.82) is 0 Å². The molecule has 2 heterocycles. The molecule has 0 spiro atoms. The number of aryl methyl sites for hydroxylation is 1. The van der Waals surface area contributed by atoms with Gasteiger partial charge >= 0.3 is 0 Å². The Kier molecular flexibility index (Phi) is 1.96. The van der Waals surface area contributed by atoms with Crippen LogP contribution in [0.15, 0.2) is 24.4 Å². The maximum absolute atomic E-state index is 11.1. The molecule has 0 atom stereocenters. The molecule has 14 heavy (non-hydrogen) atoms. The van der Waals surface area contributed by atoms with Gasteiger partial charge in [0.2, 0.25) is 0 Å². The zero-order valence-electron chi connectivity index (χ0n) is 7.90. The van der Waals surface area contributed by atoms with Gasteiger partial charge in [0.15, 0.2) is 0 Å². The molecule has 0 bridgehead atoms. The zero-order valence-corrected chi connectivity index (χ0v) is 7.90. The van der Waals surface area contributed by atoms with Gasteiger partial charge in [-0.1, -0.05) is 0 Å². The molecule has 0 saturated carbocycles. The van der Waals surface area contributed by atoms with E-state index in [9.17, 15) is 4.79 Å². The van der Waals surface area contributed by atoms with Gasteiger partial charge in [0.1, 0.15) is 11.3 Å². The van der Waals surface area contributed by atoms with Gasteiger partial charge in [-0.3, -0.25) is 4.79 Å². The van der Waals surface area contributed by atoms with Gasteiger partial charge in [-0.25, -0.2) is 4.98 Å². The lowest BCUT2D eigenvalue weighted by atomic mass is 10.3. The third-order valence-electron chi connectivity index (χ3n) is 2.22. The summed E-state index contributed by atoms with van der Waals surface area (Å²) in [5.74, 6) is -0.412. The fourth-order valence-electron chi connectivity index (χ4n) is 1.61. The van der Waals surface area contributed by atoms with Crippen molar-refractivity contribution >= 4 is 16.9 Å². The van der Waals surface area contributed by atoms with E-state index in [1.165, 1.54) is 0 Å². The Labute approximate surface area is 81.3 Å². The highest BCUT2D eigenvalue weighted by molar-refractivity contribution is 5.96. The lowest BCUT2D eigenvalue weighted by Gasteiger charge is -2.02. The van der Waals surface area contributed by atoms with E-state index < -0.39 is 5.91 Å². The monoisotopic (exact) mass is 189 g/mol. The van der Waals surface area contributed by atoms with Gasteiger partial charge < -0.3 is 10.3 Å². The van der Waals surface area contributed by atoms with E-state index in [2.05, 4.69) is 4.98 Å². The molecule has 0 unspecified atom stereocenters. The molecule has 0 aliphatic rings. The van der Waals surface area contributed by atoms with Crippen LogP contribution in [0.5, 0.6) is 0 Å². The highest BCUT2D eigenvalue weighted by atomic mass is 16.1. The summed E-state index contributed by atoms with van der Waals surface area (Å²) < 4.78 is 1.82. The minimum Gasteiger partial charge on any atom is -0.364 e. The van der Waals surface area contributed by atoms with E-state index in [0.717, 1.165) is 11.0 Å². The average Bonchev–Trinajstić information content (AvgIpc) is 2.56. The van der Waals surface area contributed by atoms with Crippen LogP contribution >= 0.6 is 0 Å². The first-order valence-corrected chi connectivity index (χ1v) is 4.48. The summed E-state index contributed by atoms with van der Waals surface area (Å²) in [7, 11) is 0. The summed E-state index contributed by atoms with van der Waals surface area (Å²) >= 11 is 0. The molecule has 2 aromatic heterocycles. The van der Waals surface area contributed by atoms with Crippen LogP contribution in [-0.4, -0.2) is 15.5 Å². The molecule has 2 aromatic rings. The Morgan fingerprint density at radius 2 is 2.43 bits per heavy atom. The number of rotatable bonds is 2. The molecule has 2 rings (SSSR count). The Bertz CT molecular complexity index is 487. The molecular weight excluding hydrogens is 178 g/mol. The molecule has 1 amide bonds. The smallest absolute Gasteiger partial charge is 0.265 e. The number of primary amides is 1. The standard InChI is InChI=1S/C10H11N3O/c1-2-13-8(9(11)14)6-7-4-3-5-12-10(7)13/h3-6H,2H2,1H3,(H2,11,14). The predicted octanol–water partition coefficient (Wildman–Crippen LogP) is 1.16. The van der Waals surface area contributed by atoms with Gasteiger partial charge in [-0.2, -0.15) is 0 Å². The lowest BCUT2D eigenvalue weighted by molar-refractivity contribution is 0.0992. The molecule has 4 heteroatoms. The third-order valence-corrected chi connectivity index (χ3v) is 2.22. The van der Waals surface area contributed by atoms with Crippen LogP contribution in [0.4, 0.5) is 0 Å². The fourth-order valence-corrected chi connectivity index (χ4v) is 1.61. The van der Waals surface area contributed by atoms with Crippen LogP contribution in [0.25, 0.3) is 11.0 Å². The molecule has 4 nitrogen and oxygen atoms in total. The van der Waals surface area contributed by atoms with Crippen molar-refractivity contribution in [3.05, 3.63) is 30.1 Å². The fraction of sp³-hybridized carbons (Fsp3) is 0.200. The Hall–Kier alpha value is -1.84. The van der Waals surface area contributed by atoms with E-state index in [4.69, 9.17) is 5.73 Å². The number of hydrogen-bond acceptors (Lipinski definition) is 2. The Morgan fingerprint density at radius 3 is 3.07 bits per heavy atom. The number of pyridine rings is 1. The summed E-state index contributed by atoms with van der Waals surface area (Å²) in [6.45, 7) is 2.65. The van der Waals surface area contributed by atoms with E-state index in [-0.39, 0.29) is 0 Å². The molecule has 0 aliphatic heterocycles. The lowest BCUT2D eigenvalue weighted by Crippen LogP contribution is -2.16. The van der Waals surface area contributed by atoms with Crippen molar-refractivity contribution in [2.24, 2.45) is 5.73 Å². The molecule has 72 valence electrons. The summed E-state index contributed by atoms with van der Waals surface area (Å²) in [6.07, 6.45) is 1.71. The second-order valence-corrected chi connectivity index (χ2v) is 3.05. The number of nitrogens with two attached hydrogens (primary N) is 1. The number of hydrogen-bond donors (Lipinski definition) is 1. The summed E-state index contributed by atoms with van der Waals surface area (Å²) in [5.41, 5.74) is 6.59. The minimum atomic E-state index is -0.412. The zero-order chi connectivity index (χ0) is 10.1. The molecule has 0 aliphatic carbocycles. The molecule has 0 saturated heterocycles. The molecule has 0 radical (unpaired) electrons. The van der Waals surface area contributed by atoms with Crippen molar-refractivity contribution < 1.29 is 4.79 Å². The molecule has 0 aromatic carbocycles. The van der Waals surface area contributed by atoms with Crippen molar-refractivity contribution in [3.63, 3.8) is 0 Å². The number of amides is 1. The first-order chi connectivity index (χ1) is 6.74. The van der Waals surface area contributed by atoms with E-state index in [0.29, 0.717) is 12.2 Å². The summed E-state index contributed by atoms with van der Waals surface area (Å²) in [5, 5.41) is 0.947. The minimum absolute atomic E-state index is 0.412. The van der Waals surface area contributed by atoms with Crippen molar-refractivity contribution in [2.75, 3.05) is 0 Å². The second-order valence-electron chi connectivity index (χ2n) is 3.05. The van der Waals surface area contributed by atoms with Gasteiger partial charge in [-0.05, 0) is 25.1 Å². The van der Waals surface area contributed by atoms with Gasteiger partial charge in [-0.15, -0.1) is 0 Å². The maximum atomic E-state index is 11.1. The van der Waals surface area contributed by atoms with Gasteiger partial charge in [0, 0.05) is 18.1 Å². The van der Waals surface area contributed by atoms with Crippen LogP contribution in [-0.2, 0) is 6.54 Å². The van der Waals surface area contributed by atoms with Crippen LogP contribution in [0.2, 0.25) is 0 Å². The number of carbonyl (C=O) groups excluding carboxylic acids is 1. The highest BCUT2D eigenvalue weighted by Gasteiger charge is 2.11. The van der Waals surface area contributed by atoms with Crippen molar-refractivity contribution in [1.82, 2.24) is 9.55 Å². The van der Waals surface area contributed by atoms with Crippen LogP contribution in [0.1, 0.15) is 17.4 Å². The number of aromatic nitrogens is 2. The quantitative estimate of drug-likeness (QED) is 0.770. The summed E-state index contributed by atoms with van der Waals surface area (Å²) in [4.78, 5) is 15.3. The second kappa shape index (κ2) is 3.14. The SMILES string of the molecule is CCn1c(C(N)=O)cc2cccnc21. The molecule has 2 N–H and O–H groups in total. The number of carbonyl (C=O) groups is 1. The average molecular weight is 189 g/mol. The normalized spacial score (nSPS) is 10.6. The van der Waals surface area contributed by atoms with Crippen LogP contribution in [0.3, 0.4) is 0 Å². The van der Waals surface area contributed by atoms with Crippen molar-refractivity contribution in [2.45, 2.75) is 13.5 Å². The Morgan fingerprint density at radius 1 is 1.64 bits per heavy atom. The number of nitrogens with zero attached hydrogens (tertiary/aromatic N) is 2. The molecular formula is C10H11N3O. The van der Waals surface area contributed by atoms with Crippen LogP contribution < -0.4 is 5.73 Å². The largest absolute Gasteiger partial charge is 0.364 e. The Balaban J connectivity index is 2.78. The van der Waals surface area contributed by atoms with E-state index in [1.54, 1.807) is 12.3 Å². The maximum Gasteiger partial charge on any atom is 0.265 e. The number of fused-ring (bicyclic) bond motifs is 1. The third kappa shape index (κ3) is 1.16. The van der Waals surface area contributed by atoms with Gasteiger partial charge in [0.05, 0.1) is 0 Å². The molecule has 0 fully saturated rings. The van der Waals surface area contributed by atoms with Gasteiger partial charge in [0.25, 0.3) is 5.91 Å². The van der Waals surface area contributed by atoms with Crippen molar-refractivity contribution in [3.8, 4) is 0 Å². The van der Waals surface area contributed by atoms with E-state index in [1.807, 2.05) is 23.6 Å². The summed E-state index contributed by atoms with van der Waals surface area (Å²) in [6, 6.07) is 5.53. The topological polar surface area (TPSA) is 60.9 Å². The highest BCUT2D eigenvalue weighted by Crippen LogP contribution is 2.16. The van der Waals surface area contributed by atoms with Crippen LogP contribution in [0, 0.1) is 0 Å². The predicted molar refractivity (Wildman–Crippen MR) is 53.9 cm³/mol. The van der Waals surface area contributed by atoms with E-state index >= 15 is 0 Å².